The molecule has 1 N–H and O–H groups in total. The minimum atomic E-state index is -0.365. The van der Waals surface area contributed by atoms with Crippen LogP contribution in [0.5, 0.6) is 0 Å². The van der Waals surface area contributed by atoms with Gasteiger partial charge in [-0.05, 0) is 37.5 Å². The molecule has 4 rings (SSSR count). The molecule has 3 aromatic rings. The molecule has 0 saturated heterocycles. The average Bonchev–Trinajstić information content (AvgIpc) is 3.29. The Morgan fingerprint density at radius 2 is 1.87 bits per heavy atom. The van der Waals surface area contributed by atoms with Crippen molar-refractivity contribution in [1.82, 2.24) is 19.9 Å². The van der Waals surface area contributed by atoms with E-state index in [0.717, 1.165) is 29.9 Å². The van der Waals surface area contributed by atoms with Crippen LogP contribution in [-0.4, -0.2) is 20.5 Å². The lowest BCUT2D eigenvalue weighted by molar-refractivity contribution is -0.124. The topological polar surface area (TPSA) is 59.3 Å². The summed E-state index contributed by atoms with van der Waals surface area (Å²) in [5, 5.41) is 11.5. The number of hydrogen-bond donors (Lipinski definition) is 1. The van der Waals surface area contributed by atoms with Gasteiger partial charge in [-0.1, -0.05) is 36.4 Å². The number of fused-ring (bicyclic) bond motifs is 1. The van der Waals surface area contributed by atoms with Gasteiger partial charge >= 0.3 is 0 Å². The molecule has 1 amide bonds. The molecule has 1 fully saturated rings. The molecule has 2 heterocycles. The first kappa shape index (κ1) is 13.9. The van der Waals surface area contributed by atoms with Gasteiger partial charge < -0.3 is 5.32 Å². The second-order valence-electron chi connectivity index (χ2n) is 6.13. The quantitative estimate of drug-likeness (QED) is 0.806. The van der Waals surface area contributed by atoms with Crippen molar-refractivity contribution in [2.24, 2.45) is 0 Å². The molecule has 0 aliphatic heterocycles. The Kier molecular flexibility index (Phi) is 3.15. The summed E-state index contributed by atoms with van der Waals surface area (Å²) < 4.78 is 1.91. The van der Waals surface area contributed by atoms with E-state index in [-0.39, 0.29) is 17.4 Å². The minimum absolute atomic E-state index is 0.0730. The molecule has 23 heavy (non-hydrogen) atoms. The van der Waals surface area contributed by atoms with Crippen molar-refractivity contribution in [3.63, 3.8) is 0 Å². The monoisotopic (exact) mass is 306 g/mol. The van der Waals surface area contributed by atoms with E-state index in [4.69, 9.17) is 0 Å². The minimum Gasteiger partial charge on any atom is -0.346 e. The van der Waals surface area contributed by atoms with Gasteiger partial charge in [-0.2, -0.15) is 0 Å². The molecule has 1 aromatic carbocycles. The summed E-state index contributed by atoms with van der Waals surface area (Å²) in [6.45, 7) is 1.95. The fourth-order valence-electron chi connectivity index (χ4n) is 3.08. The molecule has 0 radical (unpaired) electrons. The molecule has 1 aliphatic rings. The normalized spacial score (nSPS) is 16.9. The molecule has 1 unspecified atom stereocenters. The summed E-state index contributed by atoms with van der Waals surface area (Å²) in [5.74, 6) is 0.821. The zero-order valence-corrected chi connectivity index (χ0v) is 12.9. The van der Waals surface area contributed by atoms with E-state index in [1.807, 2.05) is 66.1 Å². The Morgan fingerprint density at radius 1 is 1.13 bits per heavy atom. The van der Waals surface area contributed by atoms with Crippen LogP contribution < -0.4 is 5.32 Å². The number of amides is 1. The number of nitrogens with zero attached hydrogens (tertiary/aromatic N) is 3. The second kappa shape index (κ2) is 5.19. The molecular formula is C18H18N4O. The van der Waals surface area contributed by atoms with Crippen molar-refractivity contribution in [3.8, 4) is 0 Å². The van der Waals surface area contributed by atoms with Crippen molar-refractivity contribution < 1.29 is 4.79 Å². The molecular weight excluding hydrogens is 288 g/mol. The number of carbonyl (C=O) groups excluding carboxylic acids is 1. The van der Waals surface area contributed by atoms with Crippen molar-refractivity contribution in [3.05, 3.63) is 66.1 Å². The van der Waals surface area contributed by atoms with Crippen LogP contribution in [0.15, 0.2) is 54.7 Å². The third-order valence-electron chi connectivity index (χ3n) is 4.59. The largest absolute Gasteiger partial charge is 0.346 e. The maximum absolute atomic E-state index is 12.8. The standard InChI is InChI=1S/C18H18N4O/c1-13(16-21-20-15-9-5-6-12-22(15)16)19-17(23)18(10-11-18)14-7-3-2-4-8-14/h2-9,12-13H,10-11H2,1H3,(H,19,23). The predicted octanol–water partition coefficient (Wildman–Crippen LogP) is 2.64. The predicted molar refractivity (Wildman–Crippen MR) is 86.9 cm³/mol. The Morgan fingerprint density at radius 3 is 2.61 bits per heavy atom. The van der Waals surface area contributed by atoms with Crippen LogP contribution in [0.2, 0.25) is 0 Å². The lowest BCUT2D eigenvalue weighted by Crippen LogP contribution is -2.37. The van der Waals surface area contributed by atoms with Crippen LogP contribution >= 0.6 is 0 Å². The fourth-order valence-corrected chi connectivity index (χ4v) is 3.08. The Labute approximate surface area is 134 Å². The molecule has 1 aliphatic carbocycles. The highest BCUT2D eigenvalue weighted by Crippen LogP contribution is 2.48. The molecule has 116 valence electrons. The van der Waals surface area contributed by atoms with Gasteiger partial charge in [0.25, 0.3) is 0 Å². The number of aromatic nitrogens is 3. The van der Waals surface area contributed by atoms with E-state index < -0.39 is 0 Å². The zero-order valence-electron chi connectivity index (χ0n) is 12.9. The fraction of sp³-hybridized carbons (Fsp3) is 0.278. The van der Waals surface area contributed by atoms with Crippen LogP contribution in [0, 0.1) is 0 Å². The molecule has 1 atom stereocenters. The molecule has 5 nitrogen and oxygen atoms in total. The van der Waals surface area contributed by atoms with Crippen molar-refractivity contribution in [1.29, 1.82) is 0 Å². The summed E-state index contributed by atoms with van der Waals surface area (Å²) in [7, 11) is 0. The summed E-state index contributed by atoms with van der Waals surface area (Å²) >= 11 is 0. The SMILES string of the molecule is CC(NC(=O)C1(c2ccccc2)CC1)c1nnc2ccccn12. The van der Waals surface area contributed by atoms with Gasteiger partial charge in [-0.15, -0.1) is 10.2 Å². The number of carbonyl (C=O) groups is 1. The third-order valence-corrected chi connectivity index (χ3v) is 4.59. The van der Waals surface area contributed by atoms with Gasteiger partial charge in [0.05, 0.1) is 11.5 Å². The molecule has 2 aromatic heterocycles. The second-order valence-corrected chi connectivity index (χ2v) is 6.13. The summed E-state index contributed by atoms with van der Waals surface area (Å²) in [4.78, 5) is 12.8. The number of nitrogens with one attached hydrogen (secondary N) is 1. The summed E-state index contributed by atoms with van der Waals surface area (Å²) in [6, 6.07) is 15.6. The summed E-state index contributed by atoms with van der Waals surface area (Å²) in [6.07, 6.45) is 3.71. The first-order valence-electron chi connectivity index (χ1n) is 7.87. The van der Waals surface area contributed by atoms with Crippen molar-refractivity contribution in [2.45, 2.75) is 31.2 Å². The number of hydrogen-bond acceptors (Lipinski definition) is 3. The maximum Gasteiger partial charge on any atom is 0.231 e. The van der Waals surface area contributed by atoms with E-state index in [1.165, 1.54) is 0 Å². The first-order chi connectivity index (χ1) is 11.2. The van der Waals surface area contributed by atoms with E-state index >= 15 is 0 Å². The van der Waals surface area contributed by atoms with E-state index in [0.29, 0.717) is 0 Å². The Bertz CT molecular complexity index is 852. The highest BCUT2D eigenvalue weighted by atomic mass is 16.2. The van der Waals surface area contributed by atoms with Gasteiger partial charge in [0.1, 0.15) is 0 Å². The number of pyridine rings is 1. The maximum atomic E-state index is 12.8. The van der Waals surface area contributed by atoms with Gasteiger partial charge in [0, 0.05) is 6.20 Å². The smallest absolute Gasteiger partial charge is 0.231 e. The lowest BCUT2D eigenvalue weighted by atomic mass is 9.95. The number of rotatable bonds is 4. The highest BCUT2D eigenvalue weighted by molar-refractivity contribution is 5.91. The van der Waals surface area contributed by atoms with Gasteiger partial charge in [0.15, 0.2) is 11.5 Å². The van der Waals surface area contributed by atoms with Gasteiger partial charge in [0.2, 0.25) is 5.91 Å². The van der Waals surface area contributed by atoms with E-state index in [1.54, 1.807) is 0 Å². The average molecular weight is 306 g/mol. The molecule has 0 bridgehead atoms. The summed E-state index contributed by atoms with van der Waals surface area (Å²) in [5.41, 5.74) is 1.51. The van der Waals surface area contributed by atoms with E-state index in [2.05, 4.69) is 15.5 Å². The Balaban J connectivity index is 1.57. The lowest BCUT2D eigenvalue weighted by Gasteiger charge is -2.19. The highest BCUT2D eigenvalue weighted by Gasteiger charge is 2.51. The first-order valence-corrected chi connectivity index (χ1v) is 7.87. The van der Waals surface area contributed by atoms with Crippen LogP contribution in [-0.2, 0) is 10.2 Å². The van der Waals surface area contributed by atoms with Crippen LogP contribution in [0.1, 0.15) is 37.2 Å². The molecule has 0 spiro atoms. The zero-order chi connectivity index (χ0) is 15.9. The Hall–Kier alpha value is -2.69. The van der Waals surface area contributed by atoms with Crippen molar-refractivity contribution >= 4 is 11.6 Å². The van der Waals surface area contributed by atoms with Gasteiger partial charge in [-0.25, -0.2) is 0 Å². The molecule has 5 heteroatoms. The van der Waals surface area contributed by atoms with Crippen LogP contribution in [0.4, 0.5) is 0 Å². The third kappa shape index (κ3) is 2.29. The van der Waals surface area contributed by atoms with Crippen LogP contribution in [0.25, 0.3) is 5.65 Å². The van der Waals surface area contributed by atoms with Gasteiger partial charge in [-0.3, -0.25) is 9.20 Å². The van der Waals surface area contributed by atoms with Crippen LogP contribution in [0.3, 0.4) is 0 Å². The number of benzene rings is 1. The molecule has 1 saturated carbocycles. The van der Waals surface area contributed by atoms with Crippen molar-refractivity contribution in [2.75, 3.05) is 0 Å². The van der Waals surface area contributed by atoms with E-state index in [9.17, 15) is 4.79 Å².